The van der Waals surface area contributed by atoms with E-state index in [1.165, 1.54) is 11.1 Å². The molecule has 26 heavy (non-hydrogen) atoms. The fourth-order valence-corrected chi connectivity index (χ4v) is 2.91. The van der Waals surface area contributed by atoms with E-state index in [1.807, 2.05) is 42.5 Å². The van der Waals surface area contributed by atoms with E-state index in [4.69, 9.17) is 9.15 Å². The molecule has 1 unspecified atom stereocenters. The first-order valence-corrected chi connectivity index (χ1v) is 8.88. The van der Waals surface area contributed by atoms with Gasteiger partial charge in [0.1, 0.15) is 11.5 Å². The van der Waals surface area contributed by atoms with E-state index in [2.05, 4.69) is 42.6 Å². The molecular formula is C23H25NO2. The number of nitrogens with one attached hydrogen (secondary N) is 1. The Bertz CT molecular complexity index is 805. The van der Waals surface area contributed by atoms with Gasteiger partial charge in [-0.05, 0) is 61.7 Å². The zero-order valence-corrected chi connectivity index (χ0v) is 15.3. The van der Waals surface area contributed by atoms with Crippen LogP contribution in [0.5, 0.6) is 5.75 Å². The van der Waals surface area contributed by atoms with Crippen molar-refractivity contribution in [2.75, 3.05) is 12.4 Å². The van der Waals surface area contributed by atoms with Crippen molar-refractivity contribution in [1.29, 1.82) is 0 Å². The summed E-state index contributed by atoms with van der Waals surface area (Å²) in [5.41, 5.74) is 3.70. The molecule has 0 aliphatic heterocycles. The number of methoxy groups -OCH3 is 1. The van der Waals surface area contributed by atoms with Gasteiger partial charge in [0, 0.05) is 5.69 Å². The molecule has 1 heterocycles. The van der Waals surface area contributed by atoms with Crippen LogP contribution in [0, 0.1) is 0 Å². The first-order chi connectivity index (χ1) is 12.7. The fraction of sp³-hybridized carbons (Fsp3) is 0.217. The molecule has 0 aliphatic carbocycles. The highest BCUT2D eigenvalue weighted by Gasteiger charge is 2.15. The number of hydrogen-bond acceptors (Lipinski definition) is 3. The highest BCUT2D eigenvalue weighted by molar-refractivity contribution is 5.48. The standard InChI is InChI=1S/C23H25NO2/c1-18(10-11-19-7-4-3-5-8-19)17-22(23-9-6-16-26-23)24-20-12-14-21(25-2)15-13-20/h3-10,12-16,22,24H,11,17H2,1-2H3/b18-10+. The normalized spacial score (nSPS) is 12.6. The van der Waals surface area contributed by atoms with E-state index in [-0.39, 0.29) is 6.04 Å². The van der Waals surface area contributed by atoms with Crippen LogP contribution < -0.4 is 10.1 Å². The van der Waals surface area contributed by atoms with Crippen LogP contribution in [0.4, 0.5) is 5.69 Å². The molecule has 1 N–H and O–H groups in total. The predicted molar refractivity (Wildman–Crippen MR) is 107 cm³/mol. The smallest absolute Gasteiger partial charge is 0.126 e. The summed E-state index contributed by atoms with van der Waals surface area (Å²) >= 11 is 0. The Labute approximate surface area is 155 Å². The first kappa shape index (κ1) is 17.9. The minimum atomic E-state index is 0.0884. The highest BCUT2D eigenvalue weighted by atomic mass is 16.5. The summed E-state index contributed by atoms with van der Waals surface area (Å²) < 4.78 is 10.9. The van der Waals surface area contributed by atoms with Gasteiger partial charge in [0.15, 0.2) is 0 Å². The zero-order valence-electron chi connectivity index (χ0n) is 15.3. The maximum Gasteiger partial charge on any atom is 0.126 e. The molecule has 0 fully saturated rings. The third kappa shape index (κ3) is 5.03. The predicted octanol–water partition coefficient (Wildman–Crippen LogP) is 6.02. The Morgan fingerprint density at radius 1 is 1.04 bits per heavy atom. The van der Waals surface area contributed by atoms with E-state index in [0.717, 1.165) is 30.0 Å². The molecule has 3 rings (SSSR count). The van der Waals surface area contributed by atoms with Crippen LogP contribution in [0.25, 0.3) is 0 Å². The average Bonchev–Trinajstić information content (AvgIpc) is 3.22. The van der Waals surface area contributed by atoms with Crippen molar-refractivity contribution in [1.82, 2.24) is 0 Å². The molecule has 3 aromatic rings. The largest absolute Gasteiger partial charge is 0.497 e. The molecule has 0 aliphatic rings. The third-order valence-electron chi connectivity index (χ3n) is 4.37. The first-order valence-electron chi connectivity index (χ1n) is 8.88. The van der Waals surface area contributed by atoms with Gasteiger partial charge in [-0.25, -0.2) is 0 Å². The summed E-state index contributed by atoms with van der Waals surface area (Å²) in [4.78, 5) is 0. The second-order valence-electron chi connectivity index (χ2n) is 6.39. The SMILES string of the molecule is COc1ccc(NC(C/C(C)=C/Cc2ccccc2)c2ccco2)cc1. The highest BCUT2D eigenvalue weighted by Crippen LogP contribution is 2.27. The van der Waals surface area contributed by atoms with Crippen LogP contribution in [0.2, 0.25) is 0 Å². The molecule has 0 saturated carbocycles. The van der Waals surface area contributed by atoms with E-state index in [1.54, 1.807) is 13.4 Å². The lowest BCUT2D eigenvalue weighted by atomic mass is 10.0. The summed E-state index contributed by atoms with van der Waals surface area (Å²) in [5, 5.41) is 3.57. The van der Waals surface area contributed by atoms with E-state index in [9.17, 15) is 0 Å². The van der Waals surface area contributed by atoms with Gasteiger partial charge in [-0.3, -0.25) is 0 Å². The van der Waals surface area contributed by atoms with Gasteiger partial charge in [0.2, 0.25) is 0 Å². The molecule has 3 heteroatoms. The number of benzene rings is 2. The molecule has 134 valence electrons. The van der Waals surface area contributed by atoms with Gasteiger partial charge in [0.05, 0.1) is 19.4 Å². The number of rotatable bonds is 8. The van der Waals surface area contributed by atoms with Crippen LogP contribution >= 0.6 is 0 Å². The van der Waals surface area contributed by atoms with Gasteiger partial charge in [-0.2, -0.15) is 0 Å². The quantitative estimate of drug-likeness (QED) is 0.506. The molecule has 0 spiro atoms. The van der Waals surface area contributed by atoms with Crippen molar-refractivity contribution in [3.63, 3.8) is 0 Å². The Kier molecular flexibility index (Phi) is 6.15. The van der Waals surface area contributed by atoms with Crippen LogP contribution in [-0.2, 0) is 6.42 Å². The number of anilines is 1. The maximum absolute atomic E-state index is 5.66. The molecule has 3 nitrogen and oxygen atoms in total. The number of furan rings is 1. The topological polar surface area (TPSA) is 34.4 Å². The van der Waals surface area contributed by atoms with Crippen molar-refractivity contribution in [2.24, 2.45) is 0 Å². The average molecular weight is 347 g/mol. The minimum absolute atomic E-state index is 0.0884. The summed E-state index contributed by atoms with van der Waals surface area (Å²) in [6, 6.07) is 22.5. The number of allylic oxidation sites excluding steroid dienone is 1. The summed E-state index contributed by atoms with van der Waals surface area (Å²) in [6.45, 7) is 2.18. The Morgan fingerprint density at radius 3 is 2.46 bits per heavy atom. The van der Waals surface area contributed by atoms with Crippen LogP contribution in [0.3, 0.4) is 0 Å². The van der Waals surface area contributed by atoms with Crippen LogP contribution in [0.1, 0.15) is 30.7 Å². The molecule has 0 bridgehead atoms. The second-order valence-corrected chi connectivity index (χ2v) is 6.39. The summed E-state index contributed by atoms with van der Waals surface area (Å²) in [5.74, 6) is 1.79. The molecule has 1 atom stereocenters. The fourth-order valence-electron chi connectivity index (χ4n) is 2.91. The summed E-state index contributed by atoms with van der Waals surface area (Å²) in [6.07, 6.45) is 5.84. The van der Waals surface area contributed by atoms with Crippen molar-refractivity contribution in [3.05, 3.63) is 96.0 Å². The van der Waals surface area contributed by atoms with Gasteiger partial charge in [-0.1, -0.05) is 42.0 Å². The Balaban J connectivity index is 1.69. The minimum Gasteiger partial charge on any atom is -0.497 e. The Morgan fingerprint density at radius 2 is 1.81 bits per heavy atom. The van der Waals surface area contributed by atoms with Crippen LogP contribution in [-0.4, -0.2) is 7.11 Å². The van der Waals surface area contributed by atoms with E-state index >= 15 is 0 Å². The van der Waals surface area contributed by atoms with Gasteiger partial charge in [0.25, 0.3) is 0 Å². The number of hydrogen-bond donors (Lipinski definition) is 1. The van der Waals surface area contributed by atoms with Gasteiger partial charge < -0.3 is 14.5 Å². The van der Waals surface area contributed by atoms with Crippen molar-refractivity contribution >= 4 is 5.69 Å². The summed E-state index contributed by atoms with van der Waals surface area (Å²) in [7, 11) is 1.68. The Hall–Kier alpha value is -2.94. The molecule has 1 aromatic heterocycles. The molecule has 0 amide bonds. The van der Waals surface area contributed by atoms with Crippen molar-refractivity contribution in [2.45, 2.75) is 25.8 Å². The molecule has 0 saturated heterocycles. The van der Waals surface area contributed by atoms with Gasteiger partial charge in [-0.15, -0.1) is 0 Å². The monoisotopic (exact) mass is 347 g/mol. The molecular weight excluding hydrogens is 322 g/mol. The molecule has 0 radical (unpaired) electrons. The van der Waals surface area contributed by atoms with E-state index in [0.29, 0.717) is 0 Å². The zero-order chi connectivity index (χ0) is 18.2. The number of ether oxygens (including phenoxy) is 1. The maximum atomic E-state index is 5.66. The lowest BCUT2D eigenvalue weighted by Gasteiger charge is -2.19. The van der Waals surface area contributed by atoms with Crippen molar-refractivity contribution < 1.29 is 9.15 Å². The lowest BCUT2D eigenvalue weighted by Crippen LogP contribution is -2.10. The lowest BCUT2D eigenvalue weighted by molar-refractivity contribution is 0.415. The molecule has 2 aromatic carbocycles. The third-order valence-corrected chi connectivity index (χ3v) is 4.37. The van der Waals surface area contributed by atoms with Crippen LogP contribution in [0.15, 0.2) is 89.1 Å². The second kappa shape index (κ2) is 8.95. The van der Waals surface area contributed by atoms with E-state index < -0.39 is 0 Å². The van der Waals surface area contributed by atoms with Gasteiger partial charge >= 0.3 is 0 Å². The van der Waals surface area contributed by atoms with Crippen molar-refractivity contribution in [3.8, 4) is 5.75 Å².